The number of nitrogens with two attached hydrogens (primary N) is 6. The van der Waals surface area contributed by atoms with E-state index < -0.39 is 7.92 Å². The van der Waals surface area contributed by atoms with Gasteiger partial charge in [0.2, 0.25) is 0 Å². The maximum absolute atomic E-state index is 6.00. The standard InChI is InChI=1S/C18H21N6P/c19-10-1-11(20)5-16(4-10)25(17-6-12(21)2-13(22)7-17)18-8-14(23)3-15(24)9-18/h1-9H,19-24H2. The van der Waals surface area contributed by atoms with Crippen molar-refractivity contribution in [3.8, 4) is 0 Å². The van der Waals surface area contributed by atoms with Gasteiger partial charge in [-0.25, -0.2) is 0 Å². The van der Waals surface area contributed by atoms with Gasteiger partial charge in [0.1, 0.15) is 0 Å². The van der Waals surface area contributed by atoms with Crippen LogP contribution in [0.5, 0.6) is 0 Å². The van der Waals surface area contributed by atoms with Crippen molar-refractivity contribution in [3.05, 3.63) is 54.6 Å². The highest BCUT2D eigenvalue weighted by Crippen LogP contribution is 2.36. The zero-order valence-electron chi connectivity index (χ0n) is 13.6. The highest BCUT2D eigenvalue weighted by Gasteiger charge is 2.19. The maximum atomic E-state index is 6.00. The molecule has 3 aromatic rings. The van der Waals surface area contributed by atoms with Crippen LogP contribution in [0.1, 0.15) is 0 Å². The Morgan fingerprint density at radius 2 is 0.560 bits per heavy atom. The van der Waals surface area contributed by atoms with Gasteiger partial charge in [-0.15, -0.1) is 0 Å². The van der Waals surface area contributed by atoms with Crippen LogP contribution in [0.4, 0.5) is 34.1 Å². The van der Waals surface area contributed by atoms with Crippen LogP contribution in [-0.2, 0) is 0 Å². The lowest BCUT2D eigenvalue weighted by Gasteiger charge is -2.22. The molecule has 0 unspecified atom stereocenters. The smallest absolute Gasteiger partial charge is 0.0341 e. The van der Waals surface area contributed by atoms with E-state index in [-0.39, 0.29) is 0 Å². The Morgan fingerprint density at radius 1 is 0.360 bits per heavy atom. The Kier molecular flexibility index (Phi) is 4.30. The Morgan fingerprint density at radius 3 is 0.760 bits per heavy atom. The van der Waals surface area contributed by atoms with Crippen LogP contribution in [0.3, 0.4) is 0 Å². The topological polar surface area (TPSA) is 156 Å². The summed E-state index contributed by atoms with van der Waals surface area (Å²) in [5.74, 6) is 0. The molecule has 12 N–H and O–H groups in total. The van der Waals surface area contributed by atoms with Crippen LogP contribution in [0.2, 0.25) is 0 Å². The predicted octanol–water partition coefficient (Wildman–Crippen LogP) is 0.938. The molecule has 0 saturated heterocycles. The van der Waals surface area contributed by atoms with Gasteiger partial charge < -0.3 is 34.4 Å². The number of benzene rings is 3. The first-order valence-electron chi connectivity index (χ1n) is 7.60. The molecule has 3 aromatic carbocycles. The minimum Gasteiger partial charge on any atom is -0.399 e. The van der Waals surface area contributed by atoms with Crippen molar-refractivity contribution in [2.45, 2.75) is 0 Å². The molecule has 7 heteroatoms. The summed E-state index contributed by atoms with van der Waals surface area (Å²) in [6.07, 6.45) is 0. The van der Waals surface area contributed by atoms with Gasteiger partial charge in [0, 0.05) is 34.1 Å². The number of anilines is 6. The SMILES string of the molecule is Nc1cc(N)cc(P(c2cc(N)cc(N)c2)c2cc(N)cc(N)c2)c1. The van der Waals surface area contributed by atoms with Crippen LogP contribution in [0, 0.1) is 0 Å². The lowest BCUT2D eigenvalue weighted by molar-refractivity contribution is 1.68. The second-order valence-electron chi connectivity index (χ2n) is 5.91. The molecule has 0 fully saturated rings. The monoisotopic (exact) mass is 352 g/mol. The van der Waals surface area contributed by atoms with E-state index in [1.807, 2.05) is 36.4 Å². The Labute approximate surface area is 147 Å². The molecule has 0 aliphatic rings. The van der Waals surface area contributed by atoms with Gasteiger partial charge in [0.25, 0.3) is 0 Å². The van der Waals surface area contributed by atoms with Crippen LogP contribution in [-0.4, -0.2) is 0 Å². The summed E-state index contributed by atoms with van der Waals surface area (Å²) in [4.78, 5) is 0. The Bertz CT molecular complexity index is 758. The molecule has 0 aromatic heterocycles. The van der Waals surface area contributed by atoms with E-state index in [2.05, 4.69) is 0 Å². The molecule has 0 amide bonds. The molecule has 6 nitrogen and oxygen atoms in total. The number of rotatable bonds is 3. The highest BCUT2D eigenvalue weighted by atomic mass is 31.1. The molecule has 0 heterocycles. The lowest BCUT2D eigenvalue weighted by Crippen LogP contribution is -2.23. The predicted molar refractivity (Wildman–Crippen MR) is 112 cm³/mol. The first-order valence-corrected chi connectivity index (χ1v) is 8.94. The first-order chi connectivity index (χ1) is 11.8. The van der Waals surface area contributed by atoms with Crippen molar-refractivity contribution in [1.29, 1.82) is 0 Å². The summed E-state index contributed by atoms with van der Waals surface area (Å²) >= 11 is 0. The highest BCUT2D eigenvalue weighted by molar-refractivity contribution is 7.79. The zero-order chi connectivity index (χ0) is 18.1. The zero-order valence-corrected chi connectivity index (χ0v) is 14.5. The van der Waals surface area contributed by atoms with Crippen molar-refractivity contribution in [1.82, 2.24) is 0 Å². The van der Waals surface area contributed by atoms with Gasteiger partial charge >= 0.3 is 0 Å². The minimum absolute atomic E-state index is 0.594. The Balaban J connectivity index is 2.27. The van der Waals surface area contributed by atoms with Crippen molar-refractivity contribution in [3.63, 3.8) is 0 Å². The number of hydrogen-bond acceptors (Lipinski definition) is 6. The molecule has 25 heavy (non-hydrogen) atoms. The second-order valence-corrected chi connectivity index (χ2v) is 8.13. The third-order valence-corrected chi connectivity index (χ3v) is 5.99. The molecular weight excluding hydrogens is 331 g/mol. The Hall–Kier alpha value is -3.11. The third kappa shape index (κ3) is 3.70. The summed E-state index contributed by atoms with van der Waals surface area (Å²) in [6.45, 7) is 0. The first kappa shape index (κ1) is 16.7. The molecular formula is C18H21N6P. The van der Waals surface area contributed by atoms with E-state index in [0.717, 1.165) is 15.9 Å². The summed E-state index contributed by atoms with van der Waals surface area (Å²) in [7, 11) is -1.02. The van der Waals surface area contributed by atoms with Crippen molar-refractivity contribution < 1.29 is 0 Å². The molecule has 0 saturated carbocycles. The second kappa shape index (κ2) is 6.42. The van der Waals surface area contributed by atoms with E-state index >= 15 is 0 Å². The van der Waals surface area contributed by atoms with Gasteiger partial charge in [0.05, 0.1) is 0 Å². The fraction of sp³-hybridized carbons (Fsp3) is 0. The number of nitrogen functional groups attached to an aromatic ring is 6. The average Bonchev–Trinajstić information content (AvgIpc) is 2.44. The van der Waals surface area contributed by atoms with E-state index in [9.17, 15) is 0 Å². The van der Waals surface area contributed by atoms with Crippen LogP contribution in [0.15, 0.2) is 54.6 Å². The summed E-state index contributed by atoms with van der Waals surface area (Å²) in [5.41, 5.74) is 39.6. The molecule has 0 bridgehead atoms. The normalized spacial score (nSPS) is 10.9. The van der Waals surface area contributed by atoms with Crippen LogP contribution >= 0.6 is 7.92 Å². The third-order valence-electron chi connectivity index (χ3n) is 3.66. The van der Waals surface area contributed by atoms with Gasteiger partial charge in [0.15, 0.2) is 0 Å². The van der Waals surface area contributed by atoms with Gasteiger partial charge in [-0.1, -0.05) is 0 Å². The molecule has 0 aliphatic carbocycles. The fourth-order valence-corrected chi connectivity index (χ4v) is 5.37. The van der Waals surface area contributed by atoms with E-state index in [0.29, 0.717) is 34.1 Å². The van der Waals surface area contributed by atoms with Gasteiger partial charge in [-0.05, 0) is 78.4 Å². The lowest BCUT2D eigenvalue weighted by atomic mass is 10.3. The minimum atomic E-state index is -1.02. The molecule has 0 atom stereocenters. The van der Waals surface area contributed by atoms with E-state index in [1.165, 1.54) is 0 Å². The van der Waals surface area contributed by atoms with Crippen LogP contribution < -0.4 is 50.3 Å². The van der Waals surface area contributed by atoms with Crippen LogP contribution in [0.25, 0.3) is 0 Å². The molecule has 0 aliphatic heterocycles. The molecule has 0 spiro atoms. The number of hydrogen-bond donors (Lipinski definition) is 6. The van der Waals surface area contributed by atoms with Gasteiger partial charge in [-0.2, -0.15) is 0 Å². The van der Waals surface area contributed by atoms with Gasteiger partial charge in [-0.3, -0.25) is 0 Å². The van der Waals surface area contributed by atoms with E-state index in [1.54, 1.807) is 18.2 Å². The van der Waals surface area contributed by atoms with E-state index in [4.69, 9.17) is 34.4 Å². The molecule has 3 rings (SSSR count). The summed E-state index contributed by atoms with van der Waals surface area (Å²) in [5, 5.41) is 2.92. The van der Waals surface area contributed by atoms with Crippen molar-refractivity contribution >= 4 is 58.0 Å². The molecule has 128 valence electrons. The molecule has 0 radical (unpaired) electrons. The average molecular weight is 352 g/mol. The largest absolute Gasteiger partial charge is 0.399 e. The summed E-state index contributed by atoms with van der Waals surface area (Å²) < 4.78 is 0. The summed E-state index contributed by atoms with van der Waals surface area (Å²) in [6, 6.07) is 16.6. The van der Waals surface area contributed by atoms with Crippen molar-refractivity contribution in [2.75, 3.05) is 34.4 Å². The quantitative estimate of drug-likeness (QED) is 0.304. The fourth-order valence-electron chi connectivity index (χ4n) is 2.81. The van der Waals surface area contributed by atoms with Crippen molar-refractivity contribution in [2.24, 2.45) is 0 Å². The maximum Gasteiger partial charge on any atom is 0.0341 e.